The van der Waals surface area contributed by atoms with Gasteiger partial charge in [-0.05, 0) is 31.5 Å². The van der Waals surface area contributed by atoms with E-state index in [2.05, 4.69) is 0 Å². The second-order valence-electron chi connectivity index (χ2n) is 3.23. The predicted octanol–water partition coefficient (Wildman–Crippen LogP) is 2.55. The Morgan fingerprint density at radius 2 is 2.27 bits per heavy atom. The van der Waals surface area contributed by atoms with Gasteiger partial charge in [0.1, 0.15) is 5.75 Å². The number of hydrogen-bond donors (Lipinski definition) is 0. The molecule has 0 saturated carbocycles. The SMILES string of the molecule is CCCOc1cc(C#N)ccc1C(C)=O. The number of rotatable bonds is 4. The van der Waals surface area contributed by atoms with Gasteiger partial charge in [-0.15, -0.1) is 0 Å². The van der Waals surface area contributed by atoms with Gasteiger partial charge in [0, 0.05) is 0 Å². The quantitative estimate of drug-likeness (QED) is 0.706. The van der Waals surface area contributed by atoms with Crippen molar-refractivity contribution in [2.24, 2.45) is 0 Å². The van der Waals surface area contributed by atoms with Gasteiger partial charge in [0.2, 0.25) is 0 Å². The number of Topliss-reactive ketones (excluding diaryl/α,β-unsaturated/α-hetero) is 1. The third kappa shape index (κ3) is 2.81. The van der Waals surface area contributed by atoms with Crippen LogP contribution in [0.4, 0.5) is 0 Å². The van der Waals surface area contributed by atoms with Gasteiger partial charge < -0.3 is 4.74 Å². The molecule has 0 spiro atoms. The number of ether oxygens (including phenoxy) is 1. The Labute approximate surface area is 89.3 Å². The van der Waals surface area contributed by atoms with Gasteiger partial charge in [0.15, 0.2) is 5.78 Å². The van der Waals surface area contributed by atoms with E-state index in [-0.39, 0.29) is 5.78 Å². The zero-order valence-corrected chi connectivity index (χ0v) is 8.91. The van der Waals surface area contributed by atoms with Crippen LogP contribution in [-0.4, -0.2) is 12.4 Å². The monoisotopic (exact) mass is 203 g/mol. The van der Waals surface area contributed by atoms with Crippen LogP contribution >= 0.6 is 0 Å². The molecule has 0 unspecified atom stereocenters. The van der Waals surface area contributed by atoms with Crippen LogP contribution < -0.4 is 4.74 Å². The molecular formula is C12H13NO2. The minimum atomic E-state index is -0.0504. The molecule has 0 aliphatic heterocycles. The van der Waals surface area contributed by atoms with Crippen molar-refractivity contribution in [3.05, 3.63) is 29.3 Å². The third-order valence-electron chi connectivity index (χ3n) is 1.95. The molecule has 1 rings (SSSR count). The molecule has 3 heteroatoms. The molecule has 0 aliphatic rings. The average Bonchev–Trinajstić information content (AvgIpc) is 2.25. The summed E-state index contributed by atoms with van der Waals surface area (Å²) in [5.41, 5.74) is 1.04. The molecule has 0 N–H and O–H groups in total. The molecule has 3 nitrogen and oxygen atoms in total. The lowest BCUT2D eigenvalue weighted by Crippen LogP contribution is -2.02. The summed E-state index contributed by atoms with van der Waals surface area (Å²) in [6.45, 7) is 4.02. The Balaban J connectivity index is 3.06. The van der Waals surface area contributed by atoms with Crippen LogP contribution in [0.25, 0.3) is 0 Å². The van der Waals surface area contributed by atoms with Crippen LogP contribution in [-0.2, 0) is 0 Å². The standard InChI is InChI=1S/C12H13NO2/c1-3-6-15-12-7-10(8-13)4-5-11(12)9(2)14/h4-5,7H,3,6H2,1-2H3. The lowest BCUT2D eigenvalue weighted by Gasteiger charge is -2.08. The highest BCUT2D eigenvalue weighted by Crippen LogP contribution is 2.21. The van der Waals surface area contributed by atoms with E-state index in [9.17, 15) is 4.79 Å². The summed E-state index contributed by atoms with van der Waals surface area (Å²) in [6, 6.07) is 6.87. The molecule has 0 aliphatic carbocycles. The minimum absolute atomic E-state index is 0.0504. The van der Waals surface area contributed by atoms with E-state index in [0.29, 0.717) is 23.5 Å². The van der Waals surface area contributed by atoms with E-state index >= 15 is 0 Å². The second kappa shape index (κ2) is 5.16. The summed E-state index contributed by atoms with van der Waals surface area (Å²) in [5.74, 6) is 0.453. The number of benzene rings is 1. The summed E-state index contributed by atoms with van der Waals surface area (Å²) in [4.78, 5) is 11.3. The molecule has 0 heterocycles. The molecule has 15 heavy (non-hydrogen) atoms. The summed E-state index contributed by atoms with van der Waals surface area (Å²) < 4.78 is 5.42. The molecular weight excluding hydrogens is 190 g/mol. The number of carbonyl (C=O) groups is 1. The second-order valence-corrected chi connectivity index (χ2v) is 3.23. The molecule has 0 bridgehead atoms. The lowest BCUT2D eigenvalue weighted by molar-refractivity contribution is 0.101. The molecule has 0 fully saturated rings. The molecule has 1 aromatic rings. The number of hydrogen-bond acceptors (Lipinski definition) is 3. The average molecular weight is 203 g/mol. The van der Waals surface area contributed by atoms with E-state index in [4.69, 9.17) is 10.00 Å². The lowest BCUT2D eigenvalue weighted by atomic mass is 10.1. The van der Waals surface area contributed by atoms with E-state index in [1.807, 2.05) is 13.0 Å². The van der Waals surface area contributed by atoms with Crippen molar-refractivity contribution >= 4 is 5.78 Å². The fraction of sp³-hybridized carbons (Fsp3) is 0.333. The maximum atomic E-state index is 11.3. The maximum Gasteiger partial charge on any atom is 0.163 e. The number of nitriles is 1. The van der Waals surface area contributed by atoms with E-state index in [1.54, 1.807) is 18.2 Å². The Kier molecular flexibility index (Phi) is 3.87. The first kappa shape index (κ1) is 11.3. The molecule has 0 amide bonds. The first-order valence-corrected chi connectivity index (χ1v) is 4.87. The Morgan fingerprint density at radius 1 is 1.53 bits per heavy atom. The van der Waals surface area contributed by atoms with Gasteiger partial charge in [-0.3, -0.25) is 4.79 Å². The Hall–Kier alpha value is -1.82. The van der Waals surface area contributed by atoms with Crippen LogP contribution in [0.3, 0.4) is 0 Å². The van der Waals surface area contributed by atoms with E-state index in [1.165, 1.54) is 6.92 Å². The van der Waals surface area contributed by atoms with Crippen molar-refractivity contribution in [1.82, 2.24) is 0 Å². The number of carbonyl (C=O) groups excluding carboxylic acids is 1. The smallest absolute Gasteiger partial charge is 0.163 e. The largest absolute Gasteiger partial charge is 0.493 e. The number of nitrogens with zero attached hydrogens (tertiary/aromatic N) is 1. The predicted molar refractivity (Wildman–Crippen MR) is 56.9 cm³/mol. The fourth-order valence-electron chi connectivity index (χ4n) is 1.21. The first-order chi connectivity index (χ1) is 7.19. The van der Waals surface area contributed by atoms with Crippen molar-refractivity contribution in [1.29, 1.82) is 5.26 Å². The van der Waals surface area contributed by atoms with Gasteiger partial charge in [-0.25, -0.2) is 0 Å². The van der Waals surface area contributed by atoms with Gasteiger partial charge >= 0.3 is 0 Å². The van der Waals surface area contributed by atoms with Crippen LogP contribution in [0, 0.1) is 11.3 Å². The Morgan fingerprint density at radius 3 is 2.80 bits per heavy atom. The fourth-order valence-corrected chi connectivity index (χ4v) is 1.21. The van der Waals surface area contributed by atoms with Crippen molar-refractivity contribution in [3.63, 3.8) is 0 Å². The summed E-state index contributed by atoms with van der Waals surface area (Å²) in [7, 11) is 0. The number of ketones is 1. The van der Waals surface area contributed by atoms with Crippen LogP contribution in [0.2, 0.25) is 0 Å². The van der Waals surface area contributed by atoms with Gasteiger partial charge in [-0.2, -0.15) is 5.26 Å². The maximum absolute atomic E-state index is 11.3. The topological polar surface area (TPSA) is 50.1 Å². The minimum Gasteiger partial charge on any atom is -0.493 e. The normalized spacial score (nSPS) is 9.40. The van der Waals surface area contributed by atoms with Crippen LogP contribution in [0.1, 0.15) is 36.2 Å². The van der Waals surface area contributed by atoms with Crippen molar-refractivity contribution < 1.29 is 9.53 Å². The molecule has 0 radical (unpaired) electrons. The third-order valence-corrected chi connectivity index (χ3v) is 1.95. The van der Waals surface area contributed by atoms with Gasteiger partial charge in [0.25, 0.3) is 0 Å². The molecule has 1 aromatic carbocycles. The summed E-state index contributed by atoms with van der Waals surface area (Å²) in [6.07, 6.45) is 0.869. The van der Waals surface area contributed by atoms with Crippen molar-refractivity contribution in [2.45, 2.75) is 20.3 Å². The van der Waals surface area contributed by atoms with Crippen LogP contribution in [0.5, 0.6) is 5.75 Å². The molecule has 78 valence electrons. The molecule has 0 saturated heterocycles. The van der Waals surface area contributed by atoms with Crippen molar-refractivity contribution in [2.75, 3.05) is 6.61 Å². The first-order valence-electron chi connectivity index (χ1n) is 4.87. The molecule has 0 aromatic heterocycles. The molecule has 0 atom stereocenters. The zero-order valence-electron chi connectivity index (χ0n) is 8.91. The highest BCUT2D eigenvalue weighted by Gasteiger charge is 2.08. The van der Waals surface area contributed by atoms with Gasteiger partial charge in [0.05, 0.1) is 23.8 Å². The zero-order chi connectivity index (χ0) is 11.3. The summed E-state index contributed by atoms with van der Waals surface area (Å²) in [5, 5.41) is 8.73. The highest BCUT2D eigenvalue weighted by molar-refractivity contribution is 5.97. The van der Waals surface area contributed by atoms with Crippen LogP contribution in [0.15, 0.2) is 18.2 Å². The van der Waals surface area contributed by atoms with Crippen molar-refractivity contribution in [3.8, 4) is 11.8 Å². The highest BCUT2D eigenvalue weighted by atomic mass is 16.5. The van der Waals surface area contributed by atoms with E-state index in [0.717, 1.165) is 6.42 Å². The van der Waals surface area contributed by atoms with E-state index < -0.39 is 0 Å². The summed E-state index contributed by atoms with van der Waals surface area (Å²) >= 11 is 0. The Bertz CT molecular complexity index is 405. The van der Waals surface area contributed by atoms with Gasteiger partial charge in [-0.1, -0.05) is 6.92 Å².